The van der Waals surface area contributed by atoms with Crippen LogP contribution >= 0.6 is 0 Å². The molecule has 2 saturated carbocycles. The summed E-state index contributed by atoms with van der Waals surface area (Å²) in [6, 6.07) is 9.03. The first kappa shape index (κ1) is 13.9. The van der Waals surface area contributed by atoms with E-state index in [9.17, 15) is 0 Å². The Bertz CT molecular complexity index is 464. The van der Waals surface area contributed by atoms with Crippen LogP contribution in [-0.2, 0) is 0 Å². The zero-order valence-corrected chi connectivity index (χ0v) is 12.7. The maximum absolute atomic E-state index is 3.38. The van der Waals surface area contributed by atoms with Gasteiger partial charge >= 0.3 is 0 Å². The number of nitrogens with one attached hydrogen (secondary N) is 1. The monoisotopic (exact) mass is 269 g/mol. The second kappa shape index (κ2) is 6.58. The molecule has 0 bridgehead atoms. The third-order valence-corrected chi connectivity index (χ3v) is 4.86. The fraction of sp³-hybridized carbons (Fsp3) is 0.579. The summed E-state index contributed by atoms with van der Waals surface area (Å²) < 4.78 is 0. The number of rotatable bonds is 5. The lowest BCUT2D eigenvalue weighted by atomic mass is 9.82. The summed E-state index contributed by atoms with van der Waals surface area (Å²) in [6.45, 7) is 1.05. The Kier molecular flexibility index (Phi) is 4.57. The molecule has 20 heavy (non-hydrogen) atoms. The van der Waals surface area contributed by atoms with Crippen LogP contribution in [0.25, 0.3) is 6.08 Å². The van der Waals surface area contributed by atoms with Gasteiger partial charge in [0.1, 0.15) is 0 Å². The average molecular weight is 269 g/mol. The second-order valence-electron chi connectivity index (χ2n) is 6.49. The average Bonchev–Trinajstić information content (AvgIpc) is 3.33. The van der Waals surface area contributed by atoms with E-state index in [1.54, 1.807) is 11.1 Å². The summed E-state index contributed by atoms with van der Waals surface area (Å²) in [6.07, 6.45) is 12.3. The highest BCUT2D eigenvalue weighted by molar-refractivity contribution is 5.59. The Morgan fingerprint density at radius 1 is 1.10 bits per heavy atom. The molecule has 0 heterocycles. The molecule has 3 rings (SSSR count). The fourth-order valence-electron chi connectivity index (χ4n) is 3.60. The predicted octanol–water partition coefficient (Wildman–Crippen LogP) is 4.75. The minimum atomic E-state index is 0.809. The molecule has 2 aliphatic rings. The van der Waals surface area contributed by atoms with Crippen molar-refractivity contribution in [1.29, 1.82) is 0 Å². The fourth-order valence-corrected chi connectivity index (χ4v) is 3.60. The lowest BCUT2D eigenvalue weighted by molar-refractivity contribution is 0.398. The summed E-state index contributed by atoms with van der Waals surface area (Å²) in [5.41, 5.74) is 4.68. The van der Waals surface area contributed by atoms with Gasteiger partial charge in [-0.25, -0.2) is 0 Å². The smallest absolute Gasteiger partial charge is 0.0167 e. The van der Waals surface area contributed by atoms with E-state index in [4.69, 9.17) is 0 Å². The first-order valence-corrected chi connectivity index (χ1v) is 8.32. The largest absolute Gasteiger partial charge is 0.316 e. The van der Waals surface area contributed by atoms with Gasteiger partial charge in [-0.05, 0) is 55.7 Å². The summed E-state index contributed by atoms with van der Waals surface area (Å²) >= 11 is 0. The van der Waals surface area contributed by atoms with Crippen molar-refractivity contribution in [2.75, 3.05) is 13.6 Å². The van der Waals surface area contributed by atoms with Crippen LogP contribution in [0.4, 0.5) is 0 Å². The van der Waals surface area contributed by atoms with Gasteiger partial charge in [0.05, 0.1) is 0 Å². The van der Waals surface area contributed by atoms with Crippen LogP contribution in [0.2, 0.25) is 0 Å². The zero-order chi connectivity index (χ0) is 13.8. The van der Waals surface area contributed by atoms with E-state index in [2.05, 4.69) is 42.7 Å². The molecule has 108 valence electrons. The molecule has 0 saturated heterocycles. The molecule has 2 aliphatic carbocycles. The van der Waals surface area contributed by atoms with E-state index < -0.39 is 0 Å². The highest BCUT2D eigenvalue weighted by Gasteiger charge is 2.25. The zero-order valence-electron chi connectivity index (χ0n) is 12.7. The first-order chi connectivity index (χ1) is 9.88. The molecule has 0 spiro atoms. The van der Waals surface area contributed by atoms with Crippen LogP contribution in [0.3, 0.4) is 0 Å². The summed E-state index contributed by atoms with van der Waals surface area (Å²) in [5, 5.41) is 3.38. The molecule has 1 nitrogen and oxygen atoms in total. The van der Waals surface area contributed by atoms with E-state index in [0.29, 0.717) is 0 Å². The highest BCUT2D eigenvalue weighted by atomic mass is 14.8. The molecule has 1 aromatic carbocycles. The molecule has 0 radical (unpaired) electrons. The Morgan fingerprint density at radius 3 is 2.55 bits per heavy atom. The van der Waals surface area contributed by atoms with Gasteiger partial charge in [0.15, 0.2) is 0 Å². The predicted molar refractivity (Wildman–Crippen MR) is 86.9 cm³/mol. The highest BCUT2D eigenvalue weighted by Crippen LogP contribution is 2.42. The summed E-state index contributed by atoms with van der Waals surface area (Å²) in [7, 11) is 2.07. The Morgan fingerprint density at radius 2 is 1.85 bits per heavy atom. The van der Waals surface area contributed by atoms with Crippen molar-refractivity contribution in [2.24, 2.45) is 5.92 Å². The van der Waals surface area contributed by atoms with E-state index in [0.717, 1.165) is 18.4 Å². The second-order valence-corrected chi connectivity index (χ2v) is 6.49. The lowest BCUT2D eigenvalue weighted by Crippen LogP contribution is -2.19. The van der Waals surface area contributed by atoms with Crippen molar-refractivity contribution in [3.8, 4) is 0 Å². The van der Waals surface area contributed by atoms with Crippen molar-refractivity contribution in [3.63, 3.8) is 0 Å². The minimum absolute atomic E-state index is 0.809. The van der Waals surface area contributed by atoms with E-state index in [1.165, 1.54) is 50.5 Å². The third kappa shape index (κ3) is 3.32. The number of hydrogen-bond donors (Lipinski definition) is 1. The van der Waals surface area contributed by atoms with Crippen LogP contribution in [-0.4, -0.2) is 13.6 Å². The van der Waals surface area contributed by atoms with Gasteiger partial charge in [0.25, 0.3) is 0 Å². The molecular weight excluding hydrogens is 242 g/mol. The number of hydrogen-bond acceptors (Lipinski definition) is 1. The quantitative estimate of drug-likeness (QED) is 0.813. The van der Waals surface area contributed by atoms with Gasteiger partial charge in [0.2, 0.25) is 0 Å². The van der Waals surface area contributed by atoms with Crippen LogP contribution < -0.4 is 5.32 Å². The summed E-state index contributed by atoms with van der Waals surface area (Å²) in [5.74, 6) is 1.65. The SMILES string of the molecule is CNC/C(=C/c1ccccc1C1CC1)C1CCCCC1. The molecule has 0 atom stereocenters. The molecule has 2 fully saturated rings. The van der Waals surface area contributed by atoms with Crippen molar-refractivity contribution >= 4 is 6.08 Å². The standard InChI is InChI=1S/C19H27N/c1-20-14-18(15-7-3-2-4-8-15)13-17-9-5-6-10-19(17)16-11-12-16/h5-6,9-10,13,15-16,20H,2-4,7-8,11-12,14H2,1H3/b18-13-. The van der Waals surface area contributed by atoms with E-state index >= 15 is 0 Å². The molecule has 0 aromatic heterocycles. The van der Waals surface area contributed by atoms with Crippen molar-refractivity contribution in [2.45, 2.75) is 50.9 Å². The topological polar surface area (TPSA) is 12.0 Å². The van der Waals surface area contributed by atoms with Crippen molar-refractivity contribution < 1.29 is 0 Å². The summed E-state index contributed by atoms with van der Waals surface area (Å²) in [4.78, 5) is 0. The number of benzene rings is 1. The molecule has 1 aromatic rings. The van der Waals surface area contributed by atoms with Gasteiger partial charge in [-0.1, -0.05) is 55.2 Å². The van der Waals surface area contributed by atoms with Crippen LogP contribution in [0, 0.1) is 5.92 Å². The third-order valence-electron chi connectivity index (χ3n) is 4.86. The van der Waals surface area contributed by atoms with Gasteiger partial charge < -0.3 is 5.32 Å². The van der Waals surface area contributed by atoms with E-state index in [-0.39, 0.29) is 0 Å². The van der Waals surface area contributed by atoms with Crippen LogP contribution in [0.5, 0.6) is 0 Å². The van der Waals surface area contributed by atoms with Gasteiger partial charge in [-0.15, -0.1) is 0 Å². The van der Waals surface area contributed by atoms with Crippen molar-refractivity contribution in [1.82, 2.24) is 5.32 Å². The first-order valence-electron chi connectivity index (χ1n) is 8.32. The van der Waals surface area contributed by atoms with Crippen LogP contribution in [0.1, 0.15) is 62.0 Å². The molecule has 0 aliphatic heterocycles. The Hall–Kier alpha value is -1.08. The van der Waals surface area contributed by atoms with Gasteiger partial charge in [-0.2, -0.15) is 0 Å². The lowest BCUT2D eigenvalue weighted by Gasteiger charge is -2.25. The molecule has 1 heteroatoms. The van der Waals surface area contributed by atoms with E-state index in [1.807, 2.05) is 0 Å². The van der Waals surface area contributed by atoms with Crippen LogP contribution in [0.15, 0.2) is 29.8 Å². The Balaban J connectivity index is 1.85. The van der Waals surface area contributed by atoms with Gasteiger partial charge in [0, 0.05) is 6.54 Å². The molecular formula is C19H27N. The minimum Gasteiger partial charge on any atom is -0.316 e. The van der Waals surface area contributed by atoms with Gasteiger partial charge in [-0.3, -0.25) is 0 Å². The normalized spacial score (nSPS) is 21.1. The molecule has 1 N–H and O–H groups in total. The maximum atomic E-state index is 3.38. The van der Waals surface area contributed by atoms with Crippen molar-refractivity contribution in [3.05, 3.63) is 41.0 Å². The Labute approximate surface area is 123 Å². The maximum Gasteiger partial charge on any atom is 0.0167 e. The molecule has 0 unspecified atom stereocenters. The number of likely N-dealkylation sites (N-methyl/N-ethyl adjacent to an activating group) is 1. The molecule has 0 amide bonds.